The zero-order chi connectivity index (χ0) is 26.7. The van der Waals surface area contributed by atoms with E-state index in [1.54, 1.807) is 23.9 Å². The third-order valence-electron chi connectivity index (χ3n) is 6.14. The van der Waals surface area contributed by atoms with Crippen LogP contribution in [0.5, 0.6) is 0 Å². The van der Waals surface area contributed by atoms with Crippen molar-refractivity contribution in [2.75, 3.05) is 5.75 Å². The number of halogens is 4. The summed E-state index contributed by atoms with van der Waals surface area (Å²) in [7, 11) is 0. The molecule has 1 amide bonds. The molecule has 3 aromatic carbocycles. The number of carbonyl (C=O) groups excluding carboxylic acids is 1. The van der Waals surface area contributed by atoms with Crippen LogP contribution < -0.4 is 5.32 Å². The van der Waals surface area contributed by atoms with E-state index in [1.165, 1.54) is 11.0 Å². The van der Waals surface area contributed by atoms with Gasteiger partial charge in [0.25, 0.3) is 5.91 Å². The van der Waals surface area contributed by atoms with E-state index in [4.69, 9.17) is 0 Å². The molecule has 0 radical (unpaired) electrons. The topological polar surface area (TPSA) is 34.0 Å². The van der Waals surface area contributed by atoms with E-state index in [2.05, 4.69) is 12.2 Å². The SMILES string of the molecule is CCSc1ccc(CNC(=O)c2ccc3c(c2)cc(Cc2ccc(C(F)(F)F)cc2F)n3C(C)C)cc1. The first-order valence-electron chi connectivity index (χ1n) is 12.1. The van der Waals surface area contributed by atoms with Gasteiger partial charge in [0.1, 0.15) is 5.82 Å². The number of nitrogens with one attached hydrogen (secondary N) is 1. The normalized spacial score (nSPS) is 11.9. The van der Waals surface area contributed by atoms with Gasteiger partial charge in [-0.1, -0.05) is 25.1 Å². The molecule has 0 saturated carbocycles. The summed E-state index contributed by atoms with van der Waals surface area (Å²) in [6, 6.07) is 18.0. The Balaban J connectivity index is 1.55. The van der Waals surface area contributed by atoms with Crippen LogP contribution in [0, 0.1) is 5.82 Å². The number of carbonyl (C=O) groups is 1. The molecule has 1 aromatic heterocycles. The molecule has 0 unspecified atom stereocenters. The third-order valence-corrected chi connectivity index (χ3v) is 7.03. The van der Waals surface area contributed by atoms with Crippen LogP contribution in [0.15, 0.2) is 71.6 Å². The molecule has 0 aliphatic heterocycles. The van der Waals surface area contributed by atoms with Gasteiger partial charge in [0.15, 0.2) is 0 Å². The average molecular weight is 529 g/mol. The van der Waals surface area contributed by atoms with Crippen molar-refractivity contribution in [2.24, 2.45) is 0 Å². The second-order valence-electron chi connectivity index (χ2n) is 9.11. The Morgan fingerprint density at radius 2 is 1.73 bits per heavy atom. The van der Waals surface area contributed by atoms with Crippen LogP contribution >= 0.6 is 11.8 Å². The van der Waals surface area contributed by atoms with Gasteiger partial charge in [-0.3, -0.25) is 4.79 Å². The predicted octanol–water partition coefficient (Wildman–Crippen LogP) is 8.01. The van der Waals surface area contributed by atoms with Gasteiger partial charge < -0.3 is 9.88 Å². The van der Waals surface area contributed by atoms with Crippen LogP contribution in [0.3, 0.4) is 0 Å². The fourth-order valence-corrected chi connectivity index (χ4v) is 5.06. The maximum Gasteiger partial charge on any atom is 0.416 e. The summed E-state index contributed by atoms with van der Waals surface area (Å²) in [5.74, 6) is -0.101. The summed E-state index contributed by atoms with van der Waals surface area (Å²) in [4.78, 5) is 14.0. The zero-order valence-electron chi connectivity index (χ0n) is 20.8. The van der Waals surface area contributed by atoms with Gasteiger partial charge in [0.05, 0.1) is 5.56 Å². The van der Waals surface area contributed by atoms with Crippen molar-refractivity contribution < 1.29 is 22.4 Å². The minimum absolute atomic E-state index is 0.0264. The molecule has 194 valence electrons. The molecular weight excluding hydrogens is 500 g/mol. The molecule has 1 heterocycles. The van der Waals surface area contributed by atoms with Crippen molar-refractivity contribution >= 4 is 28.6 Å². The highest BCUT2D eigenvalue weighted by atomic mass is 32.2. The molecule has 0 bridgehead atoms. The van der Waals surface area contributed by atoms with E-state index in [1.807, 2.05) is 54.8 Å². The molecule has 0 saturated heterocycles. The van der Waals surface area contributed by atoms with E-state index in [0.717, 1.165) is 34.0 Å². The lowest BCUT2D eigenvalue weighted by Crippen LogP contribution is -2.22. The Kier molecular flexibility index (Phi) is 7.97. The number of hydrogen-bond donors (Lipinski definition) is 1. The average Bonchev–Trinajstić information content (AvgIpc) is 3.21. The van der Waals surface area contributed by atoms with Gasteiger partial charge in [-0.2, -0.15) is 13.2 Å². The van der Waals surface area contributed by atoms with E-state index >= 15 is 0 Å². The smallest absolute Gasteiger partial charge is 0.348 e. The van der Waals surface area contributed by atoms with Crippen LogP contribution in [0.4, 0.5) is 17.6 Å². The molecule has 37 heavy (non-hydrogen) atoms. The molecule has 8 heteroatoms. The zero-order valence-corrected chi connectivity index (χ0v) is 21.6. The lowest BCUT2D eigenvalue weighted by Gasteiger charge is -2.16. The Labute approximate surface area is 217 Å². The van der Waals surface area contributed by atoms with E-state index in [9.17, 15) is 22.4 Å². The van der Waals surface area contributed by atoms with Crippen molar-refractivity contribution in [3.05, 3.63) is 100 Å². The number of benzene rings is 3. The molecular formula is C29H28F4N2OS. The van der Waals surface area contributed by atoms with Gasteiger partial charge >= 0.3 is 6.18 Å². The van der Waals surface area contributed by atoms with Gasteiger partial charge in [0.2, 0.25) is 0 Å². The highest BCUT2D eigenvalue weighted by Gasteiger charge is 2.31. The number of amides is 1. The molecule has 4 aromatic rings. The fraction of sp³-hybridized carbons (Fsp3) is 0.276. The molecule has 0 atom stereocenters. The largest absolute Gasteiger partial charge is 0.416 e. The molecule has 0 spiro atoms. The van der Waals surface area contributed by atoms with Crippen LogP contribution in [-0.2, 0) is 19.1 Å². The maximum atomic E-state index is 14.5. The van der Waals surface area contributed by atoms with Crippen molar-refractivity contribution in [3.63, 3.8) is 0 Å². The molecule has 0 aliphatic carbocycles. The summed E-state index contributed by atoms with van der Waals surface area (Å²) in [5.41, 5.74) is 2.30. The molecule has 1 N–H and O–H groups in total. The van der Waals surface area contributed by atoms with E-state index < -0.39 is 17.6 Å². The van der Waals surface area contributed by atoms with Crippen molar-refractivity contribution in [2.45, 2.75) is 50.9 Å². The Morgan fingerprint density at radius 3 is 2.35 bits per heavy atom. The summed E-state index contributed by atoms with van der Waals surface area (Å²) < 4.78 is 55.4. The summed E-state index contributed by atoms with van der Waals surface area (Å²) in [5, 5.41) is 3.76. The first kappa shape index (κ1) is 26.8. The van der Waals surface area contributed by atoms with Crippen molar-refractivity contribution in [3.8, 4) is 0 Å². The first-order chi connectivity index (χ1) is 17.6. The highest BCUT2D eigenvalue weighted by Crippen LogP contribution is 2.32. The van der Waals surface area contributed by atoms with Crippen LogP contribution in [0.25, 0.3) is 10.9 Å². The van der Waals surface area contributed by atoms with Crippen LogP contribution in [0.2, 0.25) is 0 Å². The molecule has 0 fully saturated rings. The van der Waals surface area contributed by atoms with Gasteiger partial charge in [0, 0.05) is 46.1 Å². The monoisotopic (exact) mass is 528 g/mol. The Morgan fingerprint density at radius 1 is 1.00 bits per heavy atom. The lowest BCUT2D eigenvalue weighted by molar-refractivity contribution is -0.137. The molecule has 0 aliphatic rings. The van der Waals surface area contributed by atoms with E-state index in [-0.39, 0.29) is 23.9 Å². The quantitative estimate of drug-likeness (QED) is 0.186. The summed E-state index contributed by atoms with van der Waals surface area (Å²) in [6.45, 7) is 6.47. The number of nitrogens with zero attached hydrogens (tertiary/aromatic N) is 1. The Hall–Kier alpha value is -3.26. The molecule has 4 rings (SSSR count). The maximum absolute atomic E-state index is 14.5. The number of thioether (sulfide) groups is 1. The standard InChI is InChI=1S/C29H28F4N2OS/c1-4-37-25-10-5-19(6-11-25)17-34-28(36)21-8-12-27-22(13-21)15-24(35(27)18(2)3)14-20-7-9-23(16-26(20)30)29(31,32)33/h5-13,15-16,18H,4,14,17H2,1-3H3,(H,34,36). The minimum Gasteiger partial charge on any atom is -0.348 e. The second kappa shape index (κ2) is 11.0. The highest BCUT2D eigenvalue weighted by molar-refractivity contribution is 7.99. The summed E-state index contributed by atoms with van der Waals surface area (Å²) in [6.07, 6.45) is -4.47. The molecule has 3 nitrogen and oxygen atoms in total. The van der Waals surface area contributed by atoms with Gasteiger partial charge in [-0.15, -0.1) is 11.8 Å². The first-order valence-corrected chi connectivity index (χ1v) is 13.0. The van der Waals surface area contributed by atoms with Crippen molar-refractivity contribution in [1.29, 1.82) is 0 Å². The Bertz CT molecular complexity index is 1410. The van der Waals surface area contributed by atoms with Crippen molar-refractivity contribution in [1.82, 2.24) is 9.88 Å². The minimum atomic E-state index is -4.60. The number of hydrogen-bond acceptors (Lipinski definition) is 2. The van der Waals surface area contributed by atoms with Crippen LogP contribution in [-0.4, -0.2) is 16.2 Å². The number of alkyl halides is 3. The van der Waals surface area contributed by atoms with Gasteiger partial charge in [-0.25, -0.2) is 4.39 Å². The summed E-state index contributed by atoms with van der Waals surface area (Å²) >= 11 is 1.76. The number of fused-ring (bicyclic) bond motifs is 1. The predicted molar refractivity (Wildman–Crippen MR) is 141 cm³/mol. The third kappa shape index (κ3) is 6.18. The number of rotatable bonds is 8. The van der Waals surface area contributed by atoms with E-state index in [0.29, 0.717) is 18.2 Å². The lowest BCUT2D eigenvalue weighted by atomic mass is 10.1. The number of aromatic nitrogens is 1. The fourth-order valence-electron chi connectivity index (χ4n) is 4.40. The second-order valence-corrected chi connectivity index (χ2v) is 10.5. The van der Waals surface area contributed by atoms with Crippen LogP contribution in [0.1, 0.15) is 59.6 Å². The van der Waals surface area contributed by atoms with Gasteiger partial charge in [-0.05, 0) is 79.3 Å².